The maximum Gasteiger partial charge on any atom is 0.222 e. The molecular formula is C12H10ClF2N3. The number of hydrogen-bond acceptors (Lipinski definition) is 3. The molecule has 0 bridgehead atoms. The third kappa shape index (κ3) is 3.63. The fraction of sp³-hybridized carbons (Fsp3) is 0.167. The van der Waals surface area contributed by atoms with Gasteiger partial charge in [-0.15, -0.1) is 0 Å². The first-order chi connectivity index (χ1) is 8.63. The van der Waals surface area contributed by atoms with Crippen LogP contribution in [0.15, 0.2) is 30.6 Å². The number of hydrogen-bond donors (Lipinski definition) is 1. The van der Waals surface area contributed by atoms with Crippen molar-refractivity contribution in [2.24, 2.45) is 0 Å². The van der Waals surface area contributed by atoms with Crippen molar-refractivity contribution in [3.05, 3.63) is 52.8 Å². The molecule has 0 spiro atoms. The molecule has 2 aromatic rings. The summed E-state index contributed by atoms with van der Waals surface area (Å²) in [6.45, 7) is 0.477. The minimum absolute atomic E-state index is 0.427. The number of rotatable bonds is 4. The molecular weight excluding hydrogens is 260 g/mol. The molecule has 2 rings (SSSR count). The molecule has 18 heavy (non-hydrogen) atoms. The van der Waals surface area contributed by atoms with E-state index >= 15 is 0 Å². The normalized spacial score (nSPS) is 10.4. The third-order valence-corrected chi connectivity index (χ3v) is 2.43. The lowest BCUT2D eigenvalue weighted by Gasteiger charge is -2.05. The first-order valence-electron chi connectivity index (χ1n) is 5.30. The van der Waals surface area contributed by atoms with Gasteiger partial charge in [-0.3, -0.25) is 0 Å². The summed E-state index contributed by atoms with van der Waals surface area (Å²) >= 11 is 5.64. The standard InChI is InChI=1S/C12H10ClF2N3/c13-9-6-17-12(18-7-9)16-2-1-8-3-10(14)5-11(15)4-8/h3-7H,1-2H2,(H,16,17,18). The Morgan fingerprint density at radius 1 is 1.06 bits per heavy atom. The molecule has 0 saturated carbocycles. The summed E-state index contributed by atoms with van der Waals surface area (Å²) in [5.74, 6) is -0.725. The number of aromatic nitrogens is 2. The molecule has 6 heteroatoms. The summed E-state index contributed by atoms with van der Waals surface area (Å²) in [6.07, 6.45) is 3.41. The highest BCUT2D eigenvalue weighted by molar-refractivity contribution is 6.30. The van der Waals surface area contributed by atoms with Gasteiger partial charge in [0.2, 0.25) is 5.95 Å². The van der Waals surface area contributed by atoms with Gasteiger partial charge in [0.05, 0.1) is 17.4 Å². The lowest BCUT2D eigenvalue weighted by molar-refractivity contribution is 0.580. The molecule has 1 aromatic heterocycles. The van der Waals surface area contributed by atoms with Gasteiger partial charge in [-0.1, -0.05) is 11.6 Å². The lowest BCUT2D eigenvalue weighted by atomic mass is 10.1. The van der Waals surface area contributed by atoms with Gasteiger partial charge in [0.25, 0.3) is 0 Å². The molecule has 1 N–H and O–H groups in total. The topological polar surface area (TPSA) is 37.8 Å². The van der Waals surface area contributed by atoms with E-state index in [1.807, 2.05) is 0 Å². The van der Waals surface area contributed by atoms with Crippen LogP contribution in [0.5, 0.6) is 0 Å². The van der Waals surface area contributed by atoms with E-state index < -0.39 is 11.6 Å². The van der Waals surface area contributed by atoms with Crippen LogP contribution in [0.4, 0.5) is 14.7 Å². The van der Waals surface area contributed by atoms with E-state index in [9.17, 15) is 8.78 Å². The minimum Gasteiger partial charge on any atom is -0.354 e. The Bertz CT molecular complexity index is 511. The molecule has 0 unspecified atom stereocenters. The fourth-order valence-electron chi connectivity index (χ4n) is 1.48. The molecule has 0 atom stereocenters. The van der Waals surface area contributed by atoms with E-state index in [0.29, 0.717) is 29.5 Å². The van der Waals surface area contributed by atoms with E-state index in [1.165, 1.54) is 24.5 Å². The predicted molar refractivity (Wildman–Crippen MR) is 65.6 cm³/mol. The molecule has 0 fully saturated rings. The Balaban J connectivity index is 1.90. The van der Waals surface area contributed by atoms with Gasteiger partial charge in [0, 0.05) is 12.6 Å². The minimum atomic E-state index is -0.576. The van der Waals surface area contributed by atoms with Crippen molar-refractivity contribution in [1.82, 2.24) is 9.97 Å². The summed E-state index contributed by atoms with van der Waals surface area (Å²) in [7, 11) is 0. The fourth-order valence-corrected chi connectivity index (χ4v) is 1.58. The molecule has 1 aromatic carbocycles. The molecule has 0 aliphatic heterocycles. The monoisotopic (exact) mass is 269 g/mol. The lowest BCUT2D eigenvalue weighted by Crippen LogP contribution is -2.08. The second-order valence-electron chi connectivity index (χ2n) is 3.68. The van der Waals surface area contributed by atoms with E-state index in [2.05, 4.69) is 15.3 Å². The summed E-state index contributed by atoms with van der Waals surface area (Å²) in [5, 5.41) is 3.39. The van der Waals surface area contributed by atoms with Crippen molar-refractivity contribution in [3.63, 3.8) is 0 Å². The van der Waals surface area contributed by atoms with Crippen LogP contribution < -0.4 is 5.32 Å². The molecule has 1 heterocycles. The van der Waals surface area contributed by atoms with Crippen molar-refractivity contribution in [3.8, 4) is 0 Å². The number of nitrogens with one attached hydrogen (secondary N) is 1. The Kier molecular flexibility index (Phi) is 4.04. The van der Waals surface area contributed by atoms with Gasteiger partial charge in [0.15, 0.2) is 0 Å². The van der Waals surface area contributed by atoms with Crippen LogP contribution >= 0.6 is 11.6 Å². The molecule has 3 nitrogen and oxygen atoms in total. The van der Waals surface area contributed by atoms with Crippen LogP contribution in [0, 0.1) is 11.6 Å². The second kappa shape index (κ2) is 5.73. The van der Waals surface area contributed by atoms with Gasteiger partial charge < -0.3 is 5.32 Å². The van der Waals surface area contributed by atoms with Crippen LogP contribution in [-0.4, -0.2) is 16.5 Å². The summed E-state index contributed by atoms with van der Waals surface area (Å²) < 4.78 is 25.8. The zero-order valence-electron chi connectivity index (χ0n) is 9.33. The molecule has 0 amide bonds. The Morgan fingerprint density at radius 2 is 1.67 bits per heavy atom. The third-order valence-electron chi connectivity index (χ3n) is 2.24. The van der Waals surface area contributed by atoms with Crippen LogP contribution in [0.3, 0.4) is 0 Å². The van der Waals surface area contributed by atoms with Crippen LogP contribution in [-0.2, 0) is 6.42 Å². The number of halogens is 3. The second-order valence-corrected chi connectivity index (χ2v) is 4.12. The van der Waals surface area contributed by atoms with E-state index in [1.54, 1.807) is 0 Å². The van der Waals surface area contributed by atoms with Gasteiger partial charge >= 0.3 is 0 Å². The molecule has 0 radical (unpaired) electrons. The van der Waals surface area contributed by atoms with Crippen molar-refractivity contribution in [2.75, 3.05) is 11.9 Å². The van der Waals surface area contributed by atoms with Crippen LogP contribution in [0.1, 0.15) is 5.56 Å². The zero-order valence-corrected chi connectivity index (χ0v) is 10.1. The Morgan fingerprint density at radius 3 is 2.28 bits per heavy atom. The highest BCUT2D eigenvalue weighted by atomic mass is 35.5. The van der Waals surface area contributed by atoms with Crippen LogP contribution in [0.25, 0.3) is 0 Å². The van der Waals surface area contributed by atoms with Gasteiger partial charge in [-0.25, -0.2) is 18.7 Å². The van der Waals surface area contributed by atoms with Crippen molar-refractivity contribution in [2.45, 2.75) is 6.42 Å². The number of anilines is 1. The number of nitrogens with zero attached hydrogens (tertiary/aromatic N) is 2. The van der Waals surface area contributed by atoms with Crippen molar-refractivity contribution >= 4 is 17.5 Å². The molecule has 0 saturated heterocycles. The molecule has 0 aliphatic carbocycles. The number of benzene rings is 1. The highest BCUT2D eigenvalue weighted by Crippen LogP contribution is 2.09. The largest absolute Gasteiger partial charge is 0.354 e. The predicted octanol–water partition coefficient (Wildman–Crippen LogP) is 3.06. The SMILES string of the molecule is Fc1cc(F)cc(CCNc2ncc(Cl)cn2)c1. The van der Waals surface area contributed by atoms with E-state index in [0.717, 1.165) is 6.07 Å². The van der Waals surface area contributed by atoms with Gasteiger partial charge in [-0.05, 0) is 24.1 Å². The van der Waals surface area contributed by atoms with Gasteiger partial charge in [-0.2, -0.15) is 0 Å². The quantitative estimate of drug-likeness (QED) is 0.927. The van der Waals surface area contributed by atoms with Gasteiger partial charge in [0.1, 0.15) is 11.6 Å². The summed E-state index contributed by atoms with van der Waals surface area (Å²) in [4.78, 5) is 7.88. The first kappa shape index (κ1) is 12.7. The van der Waals surface area contributed by atoms with Crippen molar-refractivity contribution < 1.29 is 8.78 Å². The maximum atomic E-state index is 12.9. The zero-order chi connectivity index (χ0) is 13.0. The van der Waals surface area contributed by atoms with E-state index in [4.69, 9.17) is 11.6 Å². The average Bonchev–Trinajstić information content (AvgIpc) is 2.30. The van der Waals surface area contributed by atoms with E-state index in [-0.39, 0.29) is 0 Å². The molecule has 0 aliphatic rings. The average molecular weight is 270 g/mol. The smallest absolute Gasteiger partial charge is 0.222 e. The summed E-state index contributed by atoms with van der Waals surface area (Å²) in [5.41, 5.74) is 0.578. The maximum absolute atomic E-state index is 12.9. The first-order valence-corrected chi connectivity index (χ1v) is 5.68. The Labute approximate surface area is 108 Å². The summed E-state index contributed by atoms with van der Waals surface area (Å²) in [6, 6.07) is 3.44. The Hall–Kier alpha value is -1.75. The highest BCUT2D eigenvalue weighted by Gasteiger charge is 2.01. The van der Waals surface area contributed by atoms with Crippen LogP contribution in [0.2, 0.25) is 5.02 Å². The van der Waals surface area contributed by atoms with Crippen molar-refractivity contribution in [1.29, 1.82) is 0 Å². The molecule has 94 valence electrons.